The number of benzene rings is 2. The van der Waals surface area contributed by atoms with Gasteiger partial charge >= 0.3 is 0 Å². The Morgan fingerprint density at radius 1 is 1.19 bits per heavy atom. The van der Waals surface area contributed by atoms with E-state index >= 15 is 0 Å². The van der Waals surface area contributed by atoms with Crippen LogP contribution in [0.15, 0.2) is 42.5 Å². The molecule has 1 N–H and O–H groups in total. The first-order valence-electron chi connectivity index (χ1n) is 12.3. The number of hydrogen-bond acceptors (Lipinski definition) is 6. The summed E-state index contributed by atoms with van der Waals surface area (Å²) in [6, 6.07) is 12.2. The van der Waals surface area contributed by atoms with Crippen LogP contribution in [-0.2, 0) is 20.9 Å². The molecule has 2 aliphatic heterocycles. The fourth-order valence-corrected chi connectivity index (χ4v) is 4.59. The highest BCUT2D eigenvalue weighted by atomic mass is 16.5. The fourth-order valence-electron chi connectivity index (χ4n) is 4.59. The van der Waals surface area contributed by atoms with Gasteiger partial charge in [0.15, 0.2) is 11.5 Å². The molecule has 2 aromatic rings. The molecule has 4 rings (SSSR count). The van der Waals surface area contributed by atoms with Crippen LogP contribution < -0.4 is 14.8 Å². The van der Waals surface area contributed by atoms with Crippen LogP contribution in [0.25, 0.3) is 0 Å². The highest BCUT2D eigenvalue weighted by Crippen LogP contribution is 2.33. The molecule has 0 unspecified atom stereocenters. The molecule has 192 valence electrons. The van der Waals surface area contributed by atoms with Crippen LogP contribution in [0.3, 0.4) is 0 Å². The largest absolute Gasteiger partial charge is 0.493 e. The van der Waals surface area contributed by atoms with E-state index in [-0.39, 0.29) is 43.0 Å². The van der Waals surface area contributed by atoms with Crippen LogP contribution in [0.1, 0.15) is 42.6 Å². The summed E-state index contributed by atoms with van der Waals surface area (Å²) in [4.78, 5) is 41.7. The number of hydrogen-bond donors (Lipinski definition) is 1. The average Bonchev–Trinajstić information content (AvgIpc) is 2.87. The van der Waals surface area contributed by atoms with Gasteiger partial charge in [-0.25, -0.2) is 0 Å². The van der Waals surface area contributed by atoms with E-state index in [0.717, 1.165) is 5.56 Å². The van der Waals surface area contributed by atoms with Crippen molar-refractivity contribution in [1.29, 1.82) is 0 Å². The zero-order chi connectivity index (χ0) is 25.7. The van der Waals surface area contributed by atoms with Gasteiger partial charge in [-0.05, 0) is 48.7 Å². The molecule has 0 aliphatic carbocycles. The van der Waals surface area contributed by atoms with E-state index in [1.54, 1.807) is 30.2 Å². The number of likely N-dealkylation sites (tertiary alicyclic amines) is 1. The van der Waals surface area contributed by atoms with Gasteiger partial charge in [-0.15, -0.1) is 0 Å². The maximum Gasteiger partial charge on any atom is 0.254 e. The van der Waals surface area contributed by atoms with Crippen LogP contribution in [0.5, 0.6) is 17.2 Å². The Kier molecular flexibility index (Phi) is 8.10. The first kappa shape index (κ1) is 25.5. The molecule has 0 aromatic heterocycles. The summed E-state index contributed by atoms with van der Waals surface area (Å²) in [6.45, 7) is 5.06. The quantitative estimate of drug-likeness (QED) is 0.703. The Balaban J connectivity index is 1.70. The molecule has 9 nitrogen and oxygen atoms in total. The monoisotopic (exact) mass is 495 g/mol. The summed E-state index contributed by atoms with van der Waals surface area (Å²) < 4.78 is 17.8. The highest BCUT2D eigenvalue weighted by molar-refractivity contribution is 5.97. The summed E-state index contributed by atoms with van der Waals surface area (Å²) in [5.74, 6) is 0.920. The van der Waals surface area contributed by atoms with Gasteiger partial charge in [0.2, 0.25) is 11.8 Å². The summed E-state index contributed by atoms with van der Waals surface area (Å²) in [7, 11) is 1.54. The molecule has 0 radical (unpaired) electrons. The van der Waals surface area contributed by atoms with Crippen molar-refractivity contribution in [3.05, 3.63) is 53.6 Å². The number of methoxy groups -OCH3 is 1. The van der Waals surface area contributed by atoms with E-state index in [0.29, 0.717) is 55.3 Å². The van der Waals surface area contributed by atoms with E-state index in [4.69, 9.17) is 14.2 Å². The second kappa shape index (κ2) is 11.4. The molecule has 0 saturated carbocycles. The zero-order valence-corrected chi connectivity index (χ0v) is 21.0. The van der Waals surface area contributed by atoms with Crippen molar-refractivity contribution >= 4 is 17.7 Å². The molecular weight excluding hydrogens is 462 g/mol. The number of ether oxygens (including phenoxy) is 3. The fraction of sp³-hybridized carbons (Fsp3) is 0.444. The van der Waals surface area contributed by atoms with Crippen molar-refractivity contribution in [3.63, 3.8) is 0 Å². The van der Waals surface area contributed by atoms with Crippen LogP contribution in [0, 0.1) is 0 Å². The number of amides is 3. The maximum atomic E-state index is 13.4. The number of rotatable bonds is 3. The molecule has 3 amide bonds. The molecular formula is C27H33N3O6. The smallest absolute Gasteiger partial charge is 0.254 e. The molecule has 9 heteroatoms. The Labute approximate surface area is 211 Å². The standard InChI is InChI=1S/C27H33N3O6/c1-4-11-30-16-26(32)28-22-10-12-29(18(2)31)15-25(22)35-17-19-6-5-7-21(13-19)36-24-14-20(27(30)33)8-9-23(24)34-3/h5-9,13-14,22,25H,4,10-12,15-17H2,1-3H3,(H,28,32)/t22-,25-/m0/s1. The van der Waals surface area contributed by atoms with E-state index in [2.05, 4.69) is 5.32 Å². The SMILES string of the molecule is CCCN1CC(=O)N[C@H]2CCN(C(C)=O)C[C@@H]2OCc2cccc(c2)Oc2cc(ccc2OC)C1=O. The number of carbonyl (C=O) groups excluding carboxylic acids is 3. The lowest BCUT2D eigenvalue weighted by molar-refractivity contribution is -0.135. The van der Waals surface area contributed by atoms with Crippen molar-refractivity contribution < 1.29 is 28.6 Å². The third-order valence-corrected chi connectivity index (χ3v) is 6.47. The van der Waals surface area contributed by atoms with Gasteiger partial charge in [-0.3, -0.25) is 14.4 Å². The first-order valence-corrected chi connectivity index (χ1v) is 12.3. The third kappa shape index (κ3) is 5.96. The summed E-state index contributed by atoms with van der Waals surface area (Å²) in [5.41, 5.74) is 1.29. The molecule has 2 atom stereocenters. The minimum absolute atomic E-state index is 0.0271. The molecule has 2 heterocycles. The van der Waals surface area contributed by atoms with Crippen LogP contribution in [-0.4, -0.2) is 73.0 Å². The molecule has 1 fully saturated rings. The summed E-state index contributed by atoms with van der Waals surface area (Å²) in [5, 5.41) is 3.06. The van der Waals surface area contributed by atoms with Gasteiger partial charge in [0.05, 0.1) is 32.4 Å². The summed E-state index contributed by atoms with van der Waals surface area (Å²) in [6.07, 6.45) is 0.892. The Bertz CT molecular complexity index is 1120. The van der Waals surface area contributed by atoms with E-state index in [1.165, 1.54) is 11.8 Å². The van der Waals surface area contributed by atoms with E-state index < -0.39 is 0 Å². The van der Waals surface area contributed by atoms with Crippen molar-refractivity contribution in [2.24, 2.45) is 0 Å². The molecule has 36 heavy (non-hydrogen) atoms. The normalized spacial score (nSPS) is 20.8. The summed E-state index contributed by atoms with van der Waals surface area (Å²) >= 11 is 0. The van der Waals surface area contributed by atoms with Gasteiger partial charge < -0.3 is 29.3 Å². The van der Waals surface area contributed by atoms with Crippen LogP contribution in [0.2, 0.25) is 0 Å². The Hall–Kier alpha value is -3.59. The van der Waals surface area contributed by atoms with Crippen molar-refractivity contribution in [1.82, 2.24) is 15.1 Å². The van der Waals surface area contributed by atoms with Crippen molar-refractivity contribution in [2.45, 2.75) is 45.4 Å². The third-order valence-electron chi connectivity index (χ3n) is 6.47. The lowest BCUT2D eigenvalue weighted by Crippen LogP contribution is -2.57. The maximum absolute atomic E-state index is 13.4. The van der Waals surface area contributed by atoms with Gasteiger partial charge in [-0.1, -0.05) is 19.1 Å². The predicted octanol–water partition coefficient (Wildman–Crippen LogP) is 2.98. The minimum Gasteiger partial charge on any atom is -0.493 e. The second-order valence-electron chi connectivity index (χ2n) is 9.12. The number of nitrogens with zero attached hydrogens (tertiary/aromatic N) is 2. The van der Waals surface area contributed by atoms with Gasteiger partial charge in [-0.2, -0.15) is 0 Å². The lowest BCUT2D eigenvalue weighted by atomic mass is 10.0. The topological polar surface area (TPSA) is 97.4 Å². The number of nitrogens with one attached hydrogen (secondary N) is 1. The molecule has 2 aromatic carbocycles. The molecule has 0 spiro atoms. The number of fused-ring (bicyclic) bond motifs is 5. The molecule has 4 bridgehead atoms. The van der Waals surface area contributed by atoms with E-state index in [9.17, 15) is 14.4 Å². The number of piperidine rings is 1. The van der Waals surface area contributed by atoms with Gasteiger partial charge in [0.25, 0.3) is 5.91 Å². The van der Waals surface area contributed by atoms with E-state index in [1.807, 2.05) is 31.2 Å². The molecule has 2 aliphatic rings. The lowest BCUT2D eigenvalue weighted by Gasteiger charge is -2.38. The van der Waals surface area contributed by atoms with Crippen LogP contribution in [0.4, 0.5) is 0 Å². The van der Waals surface area contributed by atoms with Crippen molar-refractivity contribution in [2.75, 3.05) is 33.3 Å². The van der Waals surface area contributed by atoms with Crippen LogP contribution >= 0.6 is 0 Å². The predicted molar refractivity (Wildman–Crippen MR) is 133 cm³/mol. The highest BCUT2D eigenvalue weighted by Gasteiger charge is 2.33. The first-order chi connectivity index (χ1) is 17.4. The average molecular weight is 496 g/mol. The molecule has 1 saturated heterocycles. The minimum atomic E-state index is -0.382. The Morgan fingerprint density at radius 2 is 2.03 bits per heavy atom. The number of carbonyl (C=O) groups is 3. The second-order valence-corrected chi connectivity index (χ2v) is 9.12. The van der Waals surface area contributed by atoms with Gasteiger partial charge in [0, 0.05) is 32.1 Å². The zero-order valence-electron chi connectivity index (χ0n) is 21.0. The Morgan fingerprint density at radius 3 is 2.78 bits per heavy atom. The van der Waals surface area contributed by atoms with Gasteiger partial charge in [0.1, 0.15) is 5.75 Å². The van der Waals surface area contributed by atoms with Crippen molar-refractivity contribution in [3.8, 4) is 17.2 Å².